The van der Waals surface area contributed by atoms with Gasteiger partial charge in [-0.05, 0) is 49.8 Å². The van der Waals surface area contributed by atoms with Gasteiger partial charge in [0.1, 0.15) is 0 Å². The minimum atomic E-state index is 0.878. The van der Waals surface area contributed by atoms with Crippen molar-refractivity contribution in [1.82, 2.24) is 0 Å². The molecule has 17 heavy (non-hydrogen) atoms. The Hall–Kier alpha value is -1.24. The van der Waals surface area contributed by atoms with Crippen molar-refractivity contribution in [3.63, 3.8) is 0 Å². The summed E-state index contributed by atoms with van der Waals surface area (Å²) in [7, 11) is 0. The molecular weight excluding hydrogens is 206 g/mol. The first-order valence-electron chi connectivity index (χ1n) is 6.67. The molecule has 0 radical (unpaired) electrons. The molecule has 92 valence electrons. The van der Waals surface area contributed by atoms with E-state index in [1.165, 1.54) is 42.5 Å². The predicted octanol–water partition coefficient (Wildman–Crippen LogP) is 4.63. The molecular formula is C16H23N. The number of hydrogen-bond donors (Lipinski definition) is 1. The van der Waals surface area contributed by atoms with Crippen LogP contribution in [0, 0.1) is 12.8 Å². The van der Waals surface area contributed by atoms with Crippen LogP contribution in [0.5, 0.6) is 0 Å². The van der Waals surface area contributed by atoms with Gasteiger partial charge in [0.15, 0.2) is 0 Å². The van der Waals surface area contributed by atoms with Crippen molar-refractivity contribution < 1.29 is 0 Å². The quantitative estimate of drug-likeness (QED) is 0.793. The largest absolute Gasteiger partial charge is 0.385 e. The number of benzene rings is 1. The van der Waals surface area contributed by atoms with Gasteiger partial charge in [-0.1, -0.05) is 37.1 Å². The molecule has 1 fully saturated rings. The van der Waals surface area contributed by atoms with Crippen LogP contribution in [0.25, 0.3) is 5.57 Å². The highest BCUT2D eigenvalue weighted by molar-refractivity contribution is 5.67. The Labute approximate surface area is 105 Å². The predicted molar refractivity (Wildman–Crippen MR) is 76.3 cm³/mol. The lowest BCUT2D eigenvalue weighted by Gasteiger charge is -2.15. The van der Waals surface area contributed by atoms with Gasteiger partial charge in [0, 0.05) is 12.2 Å². The van der Waals surface area contributed by atoms with E-state index in [1.54, 1.807) is 0 Å². The SMILES string of the molecule is C=C(C)c1ccc(C)c(NCC2CCCC2)c1. The molecule has 1 aliphatic rings. The maximum Gasteiger partial charge on any atom is 0.0376 e. The highest BCUT2D eigenvalue weighted by Crippen LogP contribution is 2.26. The van der Waals surface area contributed by atoms with Crippen LogP contribution in [0.1, 0.15) is 43.7 Å². The fourth-order valence-electron chi connectivity index (χ4n) is 2.55. The Morgan fingerprint density at radius 3 is 2.71 bits per heavy atom. The third-order valence-corrected chi connectivity index (χ3v) is 3.79. The minimum absolute atomic E-state index is 0.878. The van der Waals surface area contributed by atoms with Gasteiger partial charge in [-0.25, -0.2) is 0 Å². The van der Waals surface area contributed by atoms with Crippen LogP contribution in [-0.2, 0) is 0 Å². The van der Waals surface area contributed by atoms with Crippen molar-refractivity contribution in [1.29, 1.82) is 0 Å². The molecule has 1 heteroatoms. The summed E-state index contributed by atoms with van der Waals surface area (Å²) in [5.41, 5.74) is 4.98. The van der Waals surface area contributed by atoms with Gasteiger partial charge in [-0.2, -0.15) is 0 Å². The van der Waals surface area contributed by atoms with E-state index in [4.69, 9.17) is 0 Å². The molecule has 1 saturated carbocycles. The van der Waals surface area contributed by atoms with Crippen LogP contribution in [0.4, 0.5) is 5.69 Å². The van der Waals surface area contributed by atoms with Crippen LogP contribution in [0.15, 0.2) is 24.8 Å². The second-order valence-corrected chi connectivity index (χ2v) is 5.34. The Morgan fingerprint density at radius 1 is 1.35 bits per heavy atom. The van der Waals surface area contributed by atoms with Crippen molar-refractivity contribution in [2.75, 3.05) is 11.9 Å². The summed E-state index contributed by atoms with van der Waals surface area (Å²) in [6.07, 6.45) is 5.62. The van der Waals surface area contributed by atoms with Crippen molar-refractivity contribution >= 4 is 11.3 Å². The van der Waals surface area contributed by atoms with Gasteiger partial charge in [-0.3, -0.25) is 0 Å². The smallest absolute Gasteiger partial charge is 0.0376 e. The molecule has 0 aromatic heterocycles. The zero-order valence-electron chi connectivity index (χ0n) is 11.1. The third kappa shape index (κ3) is 3.12. The van der Waals surface area contributed by atoms with E-state index in [1.807, 2.05) is 0 Å². The number of hydrogen-bond acceptors (Lipinski definition) is 1. The van der Waals surface area contributed by atoms with E-state index in [0.29, 0.717) is 0 Å². The molecule has 1 N–H and O–H groups in total. The summed E-state index contributed by atoms with van der Waals surface area (Å²) in [5.74, 6) is 0.878. The summed E-state index contributed by atoms with van der Waals surface area (Å²) in [5, 5.41) is 3.61. The molecule has 0 aliphatic heterocycles. The molecule has 0 unspecified atom stereocenters. The average Bonchev–Trinajstić information content (AvgIpc) is 2.80. The average molecular weight is 229 g/mol. The second-order valence-electron chi connectivity index (χ2n) is 5.34. The van der Waals surface area contributed by atoms with Crippen molar-refractivity contribution in [3.8, 4) is 0 Å². The molecule has 1 aromatic carbocycles. The highest BCUT2D eigenvalue weighted by atomic mass is 14.9. The fourth-order valence-corrected chi connectivity index (χ4v) is 2.55. The van der Waals surface area contributed by atoms with Crippen LogP contribution >= 0.6 is 0 Å². The first-order chi connectivity index (χ1) is 8.16. The van der Waals surface area contributed by atoms with E-state index in [-0.39, 0.29) is 0 Å². The van der Waals surface area contributed by atoms with Gasteiger partial charge in [-0.15, -0.1) is 0 Å². The molecule has 1 aromatic rings. The van der Waals surface area contributed by atoms with Gasteiger partial charge < -0.3 is 5.32 Å². The maximum atomic E-state index is 4.01. The zero-order chi connectivity index (χ0) is 12.3. The molecule has 0 bridgehead atoms. The third-order valence-electron chi connectivity index (χ3n) is 3.79. The lowest BCUT2D eigenvalue weighted by molar-refractivity contribution is 0.579. The molecule has 0 atom stereocenters. The van der Waals surface area contributed by atoms with E-state index in [9.17, 15) is 0 Å². The minimum Gasteiger partial charge on any atom is -0.385 e. The Kier molecular flexibility index (Phi) is 3.88. The zero-order valence-corrected chi connectivity index (χ0v) is 11.1. The topological polar surface area (TPSA) is 12.0 Å². The number of nitrogens with one attached hydrogen (secondary N) is 1. The number of anilines is 1. The number of allylic oxidation sites excluding steroid dienone is 1. The van der Waals surface area contributed by atoms with Gasteiger partial charge in [0.2, 0.25) is 0 Å². The van der Waals surface area contributed by atoms with E-state index in [2.05, 4.69) is 43.9 Å². The second kappa shape index (κ2) is 5.39. The lowest BCUT2D eigenvalue weighted by Crippen LogP contribution is -2.11. The summed E-state index contributed by atoms with van der Waals surface area (Å²) in [6.45, 7) is 9.36. The van der Waals surface area contributed by atoms with Crippen LogP contribution in [0.3, 0.4) is 0 Å². The molecule has 0 heterocycles. The summed E-state index contributed by atoms with van der Waals surface area (Å²) < 4.78 is 0. The molecule has 1 nitrogen and oxygen atoms in total. The van der Waals surface area contributed by atoms with Crippen molar-refractivity contribution in [3.05, 3.63) is 35.9 Å². The first-order valence-corrected chi connectivity index (χ1v) is 6.67. The standard InChI is InChI=1S/C16H23N/c1-12(2)15-9-8-13(3)16(10-15)17-11-14-6-4-5-7-14/h8-10,14,17H,1,4-7,11H2,2-3H3. The fraction of sp³-hybridized carbons (Fsp3) is 0.500. The summed E-state index contributed by atoms with van der Waals surface area (Å²) in [6, 6.07) is 6.56. The molecule has 0 amide bonds. The summed E-state index contributed by atoms with van der Waals surface area (Å²) >= 11 is 0. The molecule has 2 rings (SSSR count). The van der Waals surface area contributed by atoms with Gasteiger partial charge >= 0.3 is 0 Å². The number of aryl methyl sites for hydroxylation is 1. The van der Waals surface area contributed by atoms with E-state index in [0.717, 1.165) is 18.0 Å². The Bertz CT molecular complexity index is 400. The molecule has 1 aliphatic carbocycles. The number of rotatable bonds is 4. The van der Waals surface area contributed by atoms with Gasteiger partial charge in [0.05, 0.1) is 0 Å². The monoisotopic (exact) mass is 229 g/mol. The first kappa shape index (κ1) is 12.2. The van der Waals surface area contributed by atoms with Gasteiger partial charge in [0.25, 0.3) is 0 Å². The lowest BCUT2D eigenvalue weighted by atomic mass is 10.0. The summed E-state index contributed by atoms with van der Waals surface area (Å²) in [4.78, 5) is 0. The molecule has 0 spiro atoms. The van der Waals surface area contributed by atoms with E-state index >= 15 is 0 Å². The van der Waals surface area contributed by atoms with Crippen molar-refractivity contribution in [2.45, 2.75) is 39.5 Å². The van der Waals surface area contributed by atoms with Crippen molar-refractivity contribution in [2.24, 2.45) is 5.92 Å². The van der Waals surface area contributed by atoms with Crippen LogP contribution in [0.2, 0.25) is 0 Å². The highest BCUT2D eigenvalue weighted by Gasteiger charge is 2.14. The Balaban J connectivity index is 2.03. The van der Waals surface area contributed by atoms with Crippen LogP contribution in [-0.4, -0.2) is 6.54 Å². The molecule has 0 saturated heterocycles. The van der Waals surface area contributed by atoms with Crippen LogP contribution < -0.4 is 5.32 Å². The normalized spacial score (nSPS) is 16.1. The Morgan fingerprint density at radius 2 is 2.06 bits per heavy atom. The van der Waals surface area contributed by atoms with E-state index < -0.39 is 0 Å². The maximum absolute atomic E-state index is 4.01.